The fourth-order valence-corrected chi connectivity index (χ4v) is 3.58. The van der Waals surface area contributed by atoms with E-state index in [1.54, 1.807) is 26.0 Å². The van der Waals surface area contributed by atoms with Crippen molar-refractivity contribution >= 4 is 22.8 Å². The number of aryl methyl sites for hydroxylation is 2. The van der Waals surface area contributed by atoms with Crippen LogP contribution < -0.4 is 15.5 Å². The molecule has 1 saturated heterocycles. The van der Waals surface area contributed by atoms with Crippen molar-refractivity contribution in [2.45, 2.75) is 52.2 Å². The lowest BCUT2D eigenvalue weighted by Gasteiger charge is -2.28. The molecule has 1 fully saturated rings. The molecule has 7 heteroatoms. The minimum Gasteiger partial charge on any atom is -0.548 e. The first-order valence-electron chi connectivity index (χ1n) is 9.07. The third-order valence-electron chi connectivity index (χ3n) is 5.04. The summed E-state index contributed by atoms with van der Waals surface area (Å²) in [6.07, 6.45) is 0.829. The molecule has 2 heterocycles. The Morgan fingerprint density at radius 2 is 2.15 bits per heavy atom. The molecule has 0 aliphatic carbocycles. The maximum Gasteiger partial charge on any atom is 0.336 e. The molecule has 0 bridgehead atoms. The standard InChI is InChI=1S/C20H23NO6/c1-4-13-10-17(22)27-18-11(2)16(8-7-14(13)18)26-12(3)19(23)21-9-5-6-15(21)20(24)25/h7-8,10,12,15H,4-6,9H2,1-3H3,(H,24,25)/p-1/t12-,15-/m1/s1. The minimum absolute atomic E-state index is 0.372. The number of carboxylic acids is 1. The summed E-state index contributed by atoms with van der Waals surface area (Å²) in [6, 6.07) is 4.10. The van der Waals surface area contributed by atoms with E-state index < -0.39 is 29.6 Å². The van der Waals surface area contributed by atoms with Crippen LogP contribution in [-0.2, 0) is 16.0 Å². The zero-order valence-corrected chi connectivity index (χ0v) is 15.6. The van der Waals surface area contributed by atoms with Crippen molar-refractivity contribution in [3.8, 4) is 5.75 Å². The van der Waals surface area contributed by atoms with E-state index in [0.29, 0.717) is 42.7 Å². The van der Waals surface area contributed by atoms with Crippen molar-refractivity contribution in [1.82, 2.24) is 4.90 Å². The number of carbonyl (C=O) groups excluding carboxylic acids is 2. The summed E-state index contributed by atoms with van der Waals surface area (Å²) >= 11 is 0. The smallest absolute Gasteiger partial charge is 0.336 e. The number of hydrogen-bond acceptors (Lipinski definition) is 6. The van der Waals surface area contributed by atoms with E-state index in [1.807, 2.05) is 6.92 Å². The van der Waals surface area contributed by atoms with Crippen molar-refractivity contribution < 1.29 is 23.8 Å². The first-order chi connectivity index (χ1) is 12.8. The van der Waals surface area contributed by atoms with Crippen LogP contribution >= 0.6 is 0 Å². The monoisotopic (exact) mass is 372 g/mol. The number of nitrogens with zero attached hydrogens (tertiary/aromatic N) is 1. The lowest BCUT2D eigenvalue weighted by atomic mass is 10.0. The Hall–Kier alpha value is -2.83. The third kappa shape index (κ3) is 3.54. The number of rotatable bonds is 5. The average Bonchev–Trinajstić information content (AvgIpc) is 3.13. The molecule has 1 aromatic carbocycles. The molecule has 144 valence electrons. The van der Waals surface area contributed by atoms with Crippen LogP contribution in [0.3, 0.4) is 0 Å². The van der Waals surface area contributed by atoms with E-state index >= 15 is 0 Å². The molecule has 3 rings (SSSR count). The second-order valence-corrected chi connectivity index (χ2v) is 6.78. The number of ether oxygens (including phenoxy) is 1. The van der Waals surface area contributed by atoms with Gasteiger partial charge in [-0.1, -0.05) is 6.92 Å². The van der Waals surface area contributed by atoms with Gasteiger partial charge in [-0.25, -0.2) is 4.79 Å². The lowest BCUT2D eigenvalue weighted by Crippen LogP contribution is -2.50. The van der Waals surface area contributed by atoms with E-state index in [0.717, 1.165) is 10.9 Å². The summed E-state index contributed by atoms with van der Waals surface area (Å²) in [5, 5.41) is 12.0. The van der Waals surface area contributed by atoms with Crippen molar-refractivity contribution in [1.29, 1.82) is 0 Å². The van der Waals surface area contributed by atoms with E-state index in [2.05, 4.69) is 0 Å². The molecule has 1 aliphatic rings. The normalized spacial score (nSPS) is 17.9. The molecule has 0 saturated carbocycles. The molecule has 1 aromatic heterocycles. The van der Waals surface area contributed by atoms with Gasteiger partial charge in [0.2, 0.25) is 0 Å². The Morgan fingerprint density at radius 1 is 1.41 bits per heavy atom. The lowest BCUT2D eigenvalue weighted by molar-refractivity contribution is -0.310. The number of fused-ring (bicyclic) bond motifs is 1. The maximum absolute atomic E-state index is 12.6. The van der Waals surface area contributed by atoms with Gasteiger partial charge in [0.15, 0.2) is 6.10 Å². The number of benzene rings is 1. The number of carboxylic acid groups (broad SMARTS) is 1. The number of likely N-dealkylation sites (tertiary alicyclic amines) is 1. The van der Waals surface area contributed by atoms with Crippen LogP contribution in [-0.4, -0.2) is 35.5 Å². The Labute approximate surface area is 156 Å². The minimum atomic E-state index is -1.25. The topological polar surface area (TPSA) is 99.9 Å². The summed E-state index contributed by atoms with van der Waals surface area (Å²) in [5.74, 6) is -1.22. The van der Waals surface area contributed by atoms with Gasteiger partial charge in [0.05, 0.1) is 12.0 Å². The summed E-state index contributed by atoms with van der Waals surface area (Å²) in [4.78, 5) is 36.9. The maximum atomic E-state index is 12.6. The molecular formula is C20H22NO6-. The fourth-order valence-electron chi connectivity index (χ4n) is 3.58. The Bertz CT molecular complexity index is 947. The van der Waals surface area contributed by atoms with Gasteiger partial charge in [-0.3, -0.25) is 4.79 Å². The third-order valence-corrected chi connectivity index (χ3v) is 5.04. The number of hydrogen-bond donors (Lipinski definition) is 0. The largest absolute Gasteiger partial charge is 0.548 e. The highest BCUT2D eigenvalue weighted by molar-refractivity contribution is 5.87. The zero-order valence-electron chi connectivity index (χ0n) is 15.6. The highest BCUT2D eigenvalue weighted by Gasteiger charge is 2.33. The van der Waals surface area contributed by atoms with Crippen molar-refractivity contribution in [2.24, 2.45) is 0 Å². The van der Waals surface area contributed by atoms with Gasteiger partial charge >= 0.3 is 5.63 Å². The van der Waals surface area contributed by atoms with E-state index in [4.69, 9.17) is 9.15 Å². The van der Waals surface area contributed by atoms with Crippen LogP contribution in [0, 0.1) is 6.92 Å². The average molecular weight is 372 g/mol. The highest BCUT2D eigenvalue weighted by atomic mass is 16.5. The van der Waals surface area contributed by atoms with Crippen molar-refractivity contribution in [2.75, 3.05) is 6.54 Å². The molecule has 7 nitrogen and oxygen atoms in total. The predicted octanol–water partition coefficient (Wildman–Crippen LogP) is 1.17. The fraction of sp³-hybridized carbons (Fsp3) is 0.450. The molecule has 0 spiro atoms. The second-order valence-electron chi connectivity index (χ2n) is 6.78. The number of amides is 1. The van der Waals surface area contributed by atoms with Crippen LogP contribution in [0.15, 0.2) is 27.4 Å². The van der Waals surface area contributed by atoms with Crippen LogP contribution in [0.2, 0.25) is 0 Å². The molecule has 2 aromatic rings. The van der Waals surface area contributed by atoms with Gasteiger partial charge in [0.1, 0.15) is 11.3 Å². The first kappa shape index (κ1) is 18.9. The summed E-state index contributed by atoms with van der Waals surface area (Å²) < 4.78 is 11.2. The molecule has 1 amide bonds. The van der Waals surface area contributed by atoms with Gasteiger partial charge in [-0.2, -0.15) is 0 Å². The molecule has 1 aliphatic heterocycles. The van der Waals surface area contributed by atoms with Crippen LogP contribution in [0.5, 0.6) is 5.75 Å². The highest BCUT2D eigenvalue weighted by Crippen LogP contribution is 2.30. The van der Waals surface area contributed by atoms with Crippen LogP contribution in [0.1, 0.15) is 37.8 Å². The summed E-state index contributed by atoms with van der Waals surface area (Å²) in [7, 11) is 0. The van der Waals surface area contributed by atoms with Crippen LogP contribution in [0.25, 0.3) is 11.0 Å². The van der Waals surface area contributed by atoms with E-state index in [1.165, 1.54) is 11.0 Å². The number of carbonyl (C=O) groups is 2. The summed E-state index contributed by atoms with van der Waals surface area (Å²) in [5.41, 5.74) is 1.51. The molecule has 0 radical (unpaired) electrons. The SMILES string of the molecule is CCc1cc(=O)oc2c(C)c(O[C@H](C)C(=O)N3CCC[C@@H]3C(=O)[O-])ccc12. The molecule has 0 N–H and O–H groups in total. The van der Waals surface area contributed by atoms with E-state index in [9.17, 15) is 19.5 Å². The molecule has 0 unspecified atom stereocenters. The molecular weight excluding hydrogens is 350 g/mol. The second kappa shape index (κ2) is 7.42. The Morgan fingerprint density at radius 3 is 2.81 bits per heavy atom. The predicted molar refractivity (Wildman–Crippen MR) is 96.4 cm³/mol. The van der Waals surface area contributed by atoms with Crippen molar-refractivity contribution in [3.63, 3.8) is 0 Å². The van der Waals surface area contributed by atoms with Crippen molar-refractivity contribution in [3.05, 3.63) is 39.7 Å². The zero-order chi connectivity index (χ0) is 19.7. The quantitative estimate of drug-likeness (QED) is 0.731. The van der Waals surface area contributed by atoms with E-state index in [-0.39, 0.29) is 0 Å². The number of aliphatic carboxylic acids is 1. The van der Waals surface area contributed by atoms with Gasteiger partial charge < -0.3 is 24.0 Å². The van der Waals surface area contributed by atoms with Gasteiger partial charge in [0.25, 0.3) is 5.91 Å². The van der Waals surface area contributed by atoms with Gasteiger partial charge in [-0.15, -0.1) is 0 Å². The summed E-state index contributed by atoms with van der Waals surface area (Å²) in [6.45, 7) is 5.67. The Kier molecular flexibility index (Phi) is 5.21. The molecule has 27 heavy (non-hydrogen) atoms. The first-order valence-corrected chi connectivity index (χ1v) is 9.07. The molecule has 2 atom stereocenters. The van der Waals surface area contributed by atoms with Gasteiger partial charge in [-0.05, 0) is 50.8 Å². The van der Waals surface area contributed by atoms with Crippen LogP contribution in [0.4, 0.5) is 0 Å². The van der Waals surface area contributed by atoms with Gasteiger partial charge in [0, 0.05) is 23.6 Å². The Balaban J connectivity index is 1.88.